The molecule has 0 spiro atoms. The number of hydrogen-bond donors (Lipinski definition) is 0. The van der Waals surface area contributed by atoms with Gasteiger partial charge in [-0.3, -0.25) is 4.90 Å². The van der Waals surface area contributed by atoms with E-state index in [0.29, 0.717) is 6.42 Å². The van der Waals surface area contributed by atoms with Crippen molar-refractivity contribution >= 4 is 6.29 Å². The van der Waals surface area contributed by atoms with Crippen molar-refractivity contribution in [1.29, 1.82) is 0 Å². The second kappa shape index (κ2) is 7.58. The van der Waals surface area contributed by atoms with Crippen LogP contribution < -0.4 is 0 Å². The molecule has 0 aliphatic carbocycles. The van der Waals surface area contributed by atoms with Gasteiger partial charge in [0.25, 0.3) is 0 Å². The third-order valence-electron chi connectivity index (χ3n) is 2.67. The van der Waals surface area contributed by atoms with Crippen molar-refractivity contribution in [3.8, 4) is 0 Å². The second-order valence-electron chi connectivity index (χ2n) is 3.86. The number of nitrogens with zero attached hydrogens (tertiary/aromatic N) is 1. The fourth-order valence-electron chi connectivity index (χ4n) is 1.92. The zero-order valence-electron chi connectivity index (χ0n) is 10.1. The number of carbonyl (C=O) groups is 1. The van der Waals surface area contributed by atoms with Crippen molar-refractivity contribution in [2.24, 2.45) is 0 Å². The van der Waals surface area contributed by atoms with E-state index < -0.39 is 0 Å². The van der Waals surface area contributed by atoms with Gasteiger partial charge in [0.1, 0.15) is 6.29 Å². The maximum atomic E-state index is 10.8. The fourth-order valence-corrected chi connectivity index (χ4v) is 1.92. The molecule has 0 amide bonds. The lowest BCUT2D eigenvalue weighted by Crippen LogP contribution is -2.29. The molecule has 1 unspecified atom stereocenters. The average molecular weight is 229 g/mol. The molecule has 1 aromatic rings. The highest BCUT2D eigenvalue weighted by molar-refractivity contribution is 5.51. The lowest BCUT2D eigenvalue weighted by Gasteiger charge is -2.28. The number of aldehydes is 1. The molecule has 0 N–H and O–H groups in total. The molecule has 90 valence electrons. The Labute approximate surface area is 103 Å². The molecule has 17 heavy (non-hydrogen) atoms. The smallest absolute Gasteiger partial charge is 0.121 e. The van der Waals surface area contributed by atoms with Gasteiger partial charge in [-0.2, -0.15) is 0 Å². The van der Waals surface area contributed by atoms with E-state index in [0.717, 1.165) is 24.9 Å². The fraction of sp³-hybridized carbons (Fsp3) is 0.267. The predicted molar refractivity (Wildman–Crippen MR) is 71.8 cm³/mol. The quantitative estimate of drug-likeness (QED) is 0.504. The lowest BCUT2D eigenvalue weighted by atomic mass is 10.0. The summed E-state index contributed by atoms with van der Waals surface area (Å²) in [5.41, 5.74) is 1.16. The van der Waals surface area contributed by atoms with Gasteiger partial charge < -0.3 is 4.79 Å². The topological polar surface area (TPSA) is 20.3 Å². The van der Waals surface area contributed by atoms with Crippen molar-refractivity contribution in [3.63, 3.8) is 0 Å². The molecule has 1 aromatic carbocycles. The van der Waals surface area contributed by atoms with Crippen LogP contribution in [-0.4, -0.2) is 24.3 Å². The minimum Gasteiger partial charge on any atom is -0.303 e. The molecule has 0 bridgehead atoms. The summed E-state index contributed by atoms with van der Waals surface area (Å²) in [5.74, 6) is 0. The van der Waals surface area contributed by atoms with Crippen LogP contribution in [0, 0.1) is 0 Å². The van der Waals surface area contributed by atoms with E-state index in [1.807, 2.05) is 42.5 Å². The van der Waals surface area contributed by atoms with E-state index in [9.17, 15) is 4.79 Å². The molecule has 2 heteroatoms. The van der Waals surface area contributed by atoms with Crippen LogP contribution in [0.25, 0.3) is 0 Å². The van der Waals surface area contributed by atoms with Gasteiger partial charge in [0, 0.05) is 25.6 Å². The van der Waals surface area contributed by atoms with Gasteiger partial charge in [-0.15, -0.1) is 13.2 Å². The van der Waals surface area contributed by atoms with E-state index in [2.05, 4.69) is 18.1 Å². The van der Waals surface area contributed by atoms with Gasteiger partial charge in [-0.1, -0.05) is 42.5 Å². The molecule has 2 nitrogen and oxygen atoms in total. The summed E-state index contributed by atoms with van der Waals surface area (Å²) in [6.07, 6.45) is 5.16. The summed E-state index contributed by atoms with van der Waals surface area (Å²) in [6, 6.07) is 10.2. The first-order chi connectivity index (χ1) is 8.33. The van der Waals surface area contributed by atoms with Crippen molar-refractivity contribution in [2.45, 2.75) is 12.5 Å². The van der Waals surface area contributed by atoms with Crippen LogP contribution in [-0.2, 0) is 4.79 Å². The summed E-state index contributed by atoms with van der Waals surface area (Å²) in [6.45, 7) is 9.01. The maximum absolute atomic E-state index is 10.8. The highest BCUT2D eigenvalue weighted by Crippen LogP contribution is 2.23. The largest absolute Gasteiger partial charge is 0.303 e. The molecule has 0 aliphatic heterocycles. The molecule has 0 heterocycles. The standard InChI is InChI=1S/C15H19NO/c1-3-11-16(12-4-2)15(10-13-17)14-8-6-5-7-9-14/h3-9,13,15H,1-2,10-12H2. The Bertz CT molecular complexity index is 348. The molecule has 0 saturated carbocycles. The Morgan fingerprint density at radius 1 is 1.12 bits per heavy atom. The van der Waals surface area contributed by atoms with Gasteiger partial charge in [-0.25, -0.2) is 0 Å². The first-order valence-corrected chi connectivity index (χ1v) is 5.78. The molecule has 0 fully saturated rings. The van der Waals surface area contributed by atoms with Crippen molar-refractivity contribution in [3.05, 3.63) is 61.2 Å². The first-order valence-electron chi connectivity index (χ1n) is 5.78. The Kier molecular flexibility index (Phi) is 5.97. The Balaban J connectivity index is 2.92. The third-order valence-corrected chi connectivity index (χ3v) is 2.67. The summed E-state index contributed by atoms with van der Waals surface area (Å²) in [4.78, 5) is 13.0. The summed E-state index contributed by atoms with van der Waals surface area (Å²) >= 11 is 0. The zero-order chi connectivity index (χ0) is 12.5. The minimum atomic E-state index is 0.102. The third kappa shape index (κ3) is 4.00. The average Bonchev–Trinajstić information content (AvgIpc) is 2.37. The van der Waals surface area contributed by atoms with Crippen LogP contribution in [0.2, 0.25) is 0 Å². The van der Waals surface area contributed by atoms with Crippen LogP contribution in [0.5, 0.6) is 0 Å². The number of carbonyl (C=O) groups excluding carboxylic acids is 1. The molecule has 0 aliphatic rings. The van der Waals surface area contributed by atoms with Crippen LogP contribution in [0.15, 0.2) is 55.6 Å². The molecular weight excluding hydrogens is 210 g/mol. The van der Waals surface area contributed by atoms with E-state index in [-0.39, 0.29) is 6.04 Å². The van der Waals surface area contributed by atoms with Gasteiger partial charge in [-0.05, 0) is 5.56 Å². The maximum Gasteiger partial charge on any atom is 0.121 e. The van der Waals surface area contributed by atoms with E-state index in [1.54, 1.807) is 0 Å². The van der Waals surface area contributed by atoms with Gasteiger partial charge >= 0.3 is 0 Å². The molecule has 0 aromatic heterocycles. The Morgan fingerprint density at radius 2 is 1.71 bits per heavy atom. The number of benzene rings is 1. The lowest BCUT2D eigenvalue weighted by molar-refractivity contribution is -0.108. The van der Waals surface area contributed by atoms with E-state index in [4.69, 9.17) is 0 Å². The number of hydrogen-bond acceptors (Lipinski definition) is 2. The Morgan fingerprint density at radius 3 is 2.18 bits per heavy atom. The molecular formula is C15H19NO. The highest BCUT2D eigenvalue weighted by Gasteiger charge is 2.17. The Hall–Kier alpha value is -1.67. The summed E-state index contributed by atoms with van der Waals surface area (Å²) in [5, 5.41) is 0. The second-order valence-corrected chi connectivity index (χ2v) is 3.86. The van der Waals surface area contributed by atoms with Crippen LogP contribution in [0.3, 0.4) is 0 Å². The molecule has 0 saturated heterocycles. The van der Waals surface area contributed by atoms with Gasteiger partial charge in [0.2, 0.25) is 0 Å². The first kappa shape index (κ1) is 13.4. The van der Waals surface area contributed by atoms with Crippen LogP contribution in [0.1, 0.15) is 18.0 Å². The minimum absolute atomic E-state index is 0.102. The monoisotopic (exact) mass is 229 g/mol. The van der Waals surface area contributed by atoms with Crippen LogP contribution in [0.4, 0.5) is 0 Å². The summed E-state index contributed by atoms with van der Waals surface area (Å²) in [7, 11) is 0. The van der Waals surface area contributed by atoms with Crippen molar-refractivity contribution in [1.82, 2.24) is 4.90 Å². The van der Waals surface area contributed by atoms with Gasteiger partial charge in [0.05, 0.1) is 0 Å². The van der Waals surface area contributed by atoms with Crippen LogP contribution >= 0.6 is 0 Å². The molecule has 0 radical (unpaired) electrons. The normalized spacial score (nSPS) is 12.1. The summed E-state index contributed by atoms with van der Waals surface area (Å²) < 4.78 is 0. The SMILES string of the molecule is C=CCN(CC=C)C(CC=O)c1ccccc1. The van der Waals surface area contributed by atoms with Crippen molar-refractivity contribution < 1.29 is 4.79 Å². The van der Waals surface area contributed by atoms with Crippen molar-refractivity contribution in [2.75, 3.05) is 13.1 Å². The molecule has 1 rings (SSSR count). The number of rotatable bonds is 8. The van der Waals surface area contributed by atoms with Gasteiger partial charge in [0.15, 0.2) is 0 Å². The van der Waals surface area contributed by atoms with E-state index in [1.165, 1.54) is 0 Å². The predicted octanol–water partition coefficient (Wildman–Crippen LogP) is 2.99. The molecule has 1 atom stereocenters. The highest BCUT2D eigenvalue weighted by atomic mass is 16.1. The zero-order valence-corrected chi connectivity index (χ0v) is 10.1. The van der Waals surface area contributed by atoms with E-state index >= 15 is 0 Å².